The molecular formula is C28H26N4O3. The lowest BCUT2D eigenvalue weighted by atomic mass is 10.00. The second kappa shape index (κ2) is 10.1. The van der Waals surface area contributed by atoms with E-state index in [0.717, 1.165) is 16.7 Å². The zero-order chi connectivity index (χ0) is 24.9. The van der Waals surface area contributed by atoms with Gasteiger partial charge in [-0.2, -0.15) is 0 Å². The van der Waals surface area contributed by atoms with Crippen molar-refractivity contribution < 1.29 is 9.21 Å². The van der Waals surface area contributed by atoms with Crippen LogP contribution in [0.25, 0.3) is 27.9 Å². The lowest BCUT2D eigenvalue weighted by Crippen LogP contribution is -2.34. The molecule has 4 rings (SSSR count). The van der Waals surface area contributed by atoms with E-state index in [1.807, 2.05) is 50.2 Å². The van der Waals surface area contributed by atoms with Crippen molar-refractivity contribution in [2.24, 2.45) is 10.7 Å². The topological polar surface area (TPSA) is 103 Å². The summed E-state index contributed by atoms with van der Waals surface area (Å²) in [4.78, 5) is 30.0. The summed E-state index contributed by atoms with van der Waals surface area (Å²) in [6.07, 6.45) is 4.29. The van der Waals surface area contributed by atoms with Crippen molar-refractivity contribution in [3.63, 3.8) is 0 Å². The number of nitrogens with one attached hydrogen (secondary N) is 1. The Morgan fingerprint density at radius 1 is 1.11 bits per heavy atom. The molecule has 0 fully saturated rings. The highest BCUT2D eigenvalue weighted by atomic mass is 16.4. The van der Waals surface area contributed by atoms with Gasteiger partial charge >= 0.3 is 5.76 Å². The number of aromatic nitrogens is 1. The molecule has 176 valence electrons. The number of fused-ring (bicyclic) bond motifs is 1. The molecular weight excluding hydrogens is 440 g/mol. The van der Waals surface area contributed by atoms with Crippen molar-refractivity contribution in [2.45, 2.75) is 19.9 Å². The summed E-state index contributed by atoms with van der Waals surface area (Å²) in [5, 5.41) is 2.94. The van der Waals surface area contributed by atoms with Crippen LogP contribution in [0.15, 0.2) is 105 Å². The number of carbonyl (C=O) groups excluding carboxylic acids is 1. The Morgan fingerprint density at radius 2 is 1.86 bits per heavy atom. The predicted octanol–water partition coefficient (Wildman–Crippen LogP) is 4.73. The van der Waals surface area contributed by atoms with E-state index < -0.39 is 5.76 Å². The average molecular weight is 467 g/mol. The Labute approximate surface area is 202 Å². The van der Waals surface area contributed by atoms with Gasteiger partial charge in [-0.1, -0.05) is 48.5 Å². The fourth-order valence-corrected chi connectivity index (χ4v) is 3.67. The van der Waals surface area contributed by atoms with Crippen molar-refractivity contribution in [3.8, 4) is 16.8 Å². The third-order valence-electron chi connectivity index (χ3n) is 5.63. The Bertz CT molecular complexity index is 1510. The van der Waals surface area contributed by atoms with Crippen LogP contribution in [0.2, 0.25) is 0 Å². The summed E-state index contributed by atoms with van der Waals surface area (Å²) in [5.41, 5.74) is 10.8. The molecule has 0 bridgehead atoms. The number of benzene rings is 3. The molecule has 0 aliphatic carbocycles. The van der Waals surface area contributed by atoms with Gasteiger partial charge in [-0.15, -0.1) is 0 Å². The van der Waals surface area contributed by atoms with E-state index in [1.165, 1.54) is 17.0 Å². The molecule has 1 amide bonds. The summed E-state index contributed by atoms with van der Waals surface area (Å²) < 4.78 is 6.89. The Hall–Kier alpha value is -4.65. The molecule has 0 radical (unpaired) electrons. The highest BCUT2D eigenvalue weighted by molar-refractivity contribution is 5.97. The maximum absolute atomic E-state index is 13.3. The smallest absolute Gasteiger partial charge is 0.407 e. The maximum atomic E-state index is 13.3. The van der Waals surface area contributed by atoms with Crippen molar-refractivity contribution in [2.75, 3.05) is 0 Å². The highest BCUT2D eigenvalue weighted by Gasteiger charge is 2.17. The molecule has 0 saturated carbocycles. The lowest BCUT2D eigenvalue weighted by molar-refractivity contribution is 0.0946. The fourth-order valence-electron chi connectivity index (χ4n) is 3.67. The number of amides is 1. The molecule has 1 unspecified atom stereocenters. The number of carbonyl (C=O) groups is 1. The van der Waals surface area contributed by atoms with E-state index in [2.05, 4.69) is 16.9 Å². The summed E-state index contributed by atoms with van der Waals surface area (Å²) in [7, 11) is 0. The average Bonchev–Trinajstić information content (AvgIpc) is 3.19. The normalized spacial score (nSPS) is 12.4. The first kappa shape index (κ1) is 23.5. The van der Waals surface area contributed by atoms with Gasteiger partial charge in [0.1, 0.15) is 0 Å². The van der Waals surface area contributed by atoms with Crippen LogP contribution in [0.1, 0.15) is 22.8 Å². The Balaban J connectivity index is 1.78. The van der Waals surface area contributed by atoms with E-state index in [9.17, 15) is 9.59 Å². The van der Waals surface area contributed by atoms with Crippen LogP contribution in [0.5, 0.6) is 0 Å². The number of oxazole rings is 1. The molecule has 7 heteroatoms. The molecule has 0 aliphatic heterocycles. The lowest BCUT2D eigenvalue weighted by Gasteiger charge is -2.16. The molecule has 3 aromatic carbocycles. The van der Waals surface area contributed by atoms with Gasteiger partial charge in [0.25, 0.3) is 5.91 Å². The molecule has 3 N–H and O–H groups in total. The van der Waals surface area contributed by atoms with Crippen LogP contribution >= 0.6 is 0 Å². The number of nitrogens with two attached hydrogens (primary N) is 1. The van der Waals surface area contributed by atoms with Crippen LogP contribution in [0.3, 0.4) is 0 Å². The minimum atomic E-state index is -0.524. The van der Waals surface area contributed by atoms with Crippen LogP contribution in [0.4, 0.5) is 0 Å². The van der Waals surface area contributed by atoms with Crippen molar-refractivity contribution in [3.05, 3.63) is 113 Å². The Morgan fingerprint density at radius 3 is 2.60 bits per heavy atom. The number of rotatable bonds is 7. The van der Waals surface area contributed by atoms with E-state index >= 15 is 0 Å². The molecule has 0 spiro atoms. The minimum absolute atomic E-state index is 0.308. The Kier molecular flexibility index (Phi) is 6.78. The molecule has 0 saturated heterocycles. The van der Waals surface area contributed by atoms with Crippen LogP contribution in [-0.4, -0.2) is 22.7 Å². The zero-order valence-electron chi connectivity index (χ0n) is 19.6. The second-order valence-corrected chi connectivity index (χ2v) is 8.20. The monoisotopic (exact) mass is 466 g/mol. The van der Waals surface area contributed by atoms with Crippen LogP contribution < -0.4 is 16.8 Å². The number of para-hydroxylation sites is 2. The van der Waals surface area contributed by atoms with Gasteiger partial charge in [0.2, 0.25) is 0 Å². The summed E-state index contributed by atoms with van der Waals surface area (Å²) in [6.45, 7) is 7.78. The zero-order valence-corrected chi connectivity index (χ0v) is 19.6. The molecule has 7 nitrogen and oxygen atoms in total. The second-order valence-electron chi connectivity index (χ2n) is 8.20. The number of hydrogen-bond acceptors (Lipinski definition) is 5. The van der Waals surface area contributed by atoms with Crippen molar-refractivity contribution in [1.82, 2.24) is 9.88 Å². The summed E-state index contributed by atoms with van der Waals surface area (Å²) in [5.74, 6) is -0.831. The molecule has 4 aromatic rings. The van der Waals surface area contributed by atoms with Crippen LogP contribution in [-0.2, 0) is 0 Å². The van der Waals surface area contributed by atoms with Gasteiger partial charge in [-0.3, -0.25) is 9.79 Å². The maximum Gasteiger partial charge on any atom is 0.424 e. The third kappa shape index (κ3) is 5.14. The molecule has 1 heterocycles. The number of nitrogens with zero attached hydrogens (tertiary/aromatic N) is 2. The van der Waals surface area contributed by atoms with E-state index in [-0.39, 0.29) is 11.9 Å². The largest absolute Gasteiger partial charge is 0.424 e. The third-order valence-corrected chi connectivity index (χ3v) is 5.63. The highest BCUT2D eigenvalue weighted by Crippen LogP contribution is 2.26. The molecule has 1 aromatic heterocycles. The van der Waals surface area contributed by atoms with E-state index in [0.29, 0.717) is 27.9 Å². The van der Waals surface area contributed by atoms with Crippen LogP contribution in [0, 0.1) is 6.92 Å². The number of aryl methyl sites for hydroxylation is 1. The number of aliphatic imine (C=N–C) groups is 1. The van der Waals surface area contributed by atoms with E-state index in [1.54, 1.807) is 36.5 Å². The molecule has 0 aliphatic rings. The summed E-state index contributed by atoms with van der Waals surface area (Å²) in [6, 6.07) is 20.1. The minimum Gasteiger partial charge on any atom is -0.407 e. The van der Waals surface area contributed by atoms with Crippen molar-refractivity contribution in [1.29, 1.82) is 0 Å². The first-order valence-electron chi connectivity index (χ1n) is 11.1. The quantitative estimate of drug-likeness (QED) is 0.384. The molecule has 35 heavy (non-hydrogen) atoms. The van der Waals surface area contributed by atoms with Gasteiger partial charge in [0, 0.05) is 24.2 Å². The molecule has 1 atom stereocenters. The van der Waals surface area contributed by atoms with Gasteiger partial charge < -0.3 is 15.5 Å². The van der Waals surface area contributed by atoms with Gasteiger partial charge in [0.05, 0.1) is 17.2 Å². The van der Waals surface area contributed by atoms with E-state index in [4.69, 9.17) is 10.2 Å². The van der Waals surface area contributed by atoms with Gasteiger partial charge in [-0.25, -0.2) is 9.36 Å². The van der Waals surface area contributed by atoms with Gasteiger partial charge in [-0.05, 0) is 60.9 Å². The summed E-state index contributed by atoms with van der Waals surface area (Å²) >= 11 is 0. The standard InChI is InChI=1S/C28H26N4O3/c1-18-8-10-21(11-9-18)22-14-23(27(33)31-20(3)19(2)17-30-13-12-29)16-24(15-22)32-25-6-4-5-7-26(25)35-28(32)34/h4-17,20H,2,29H2,1,3H3,(H,31,33)/b13-12-,30-17-. The fraction of sp³-hybridized carbons (Fsp3) is 0.107. The number of hydrogen-bond donors (Lipinski definition) is 2. The first-order chi connectivity index (χ1) is 16.9. The SMILES string of the molecule is C=C(/C=N\C=C/N)C(C)NC(=O)c1cc(-c2ccc(C)cc2)cc(-n2c(=O)oc3ccccc32)c1. The predicted molar refractivity (Wildman–Crippen MR) is 140 cm³/mol. The van der Waals surface area contributed by atoms with Gasteiger partial charge in [0.15, 0.2) is 5.58 Å². The van der Waals surface area contributed by atoms with Crippen molar-refractivity contribution >= 4 is 23.2 Å². The first-order valence-corrected chi connectivity index (χ1v) is 11.1.